The molecule has 1 aliphatic heterocycles. The minimum atomic E-state index is -0.549. The normalized spacial score (nSPS) is 14.0. The van der Waals surface area contributed by atoms with Crippen LogP contribution in [0.5, 0.6) is 5.88 Å². The molecule has 0 saturated heterocycles. The summed E-state index contributed by atoms with van der Waals surface area (Å²) < 4.78 is 13.1. The van der Waals surface area contributed by atoms with Gasteiger partial charge in [0, 0.05) is 18.0 Å². The van der Waals surface area contributed by atoms with Crippen molar-refractivity contribution in [3.63, 3.8) is 0 Å². The number of amides is 1. The van der Waals surface area contributed by atoms with Gasteiger partial charge in [0.25, 0.3) is 0 Å². The van der Waals surface area contributed by atoms with E-state index >= 15 is 0 Å². The Balaban J connectivity index is 1.84. The van der Waals surface area contributed by atoms with Crippen molar-refractivity contribution >= 4 is 17.7 Å². The molecule has 8 heteroatoms. The van der Waals surface area contributed by atoms with E-state index in [1.165, 1.54) is 0 Å². The molecule has 3 rings (SSSR count). The van der Waals surface area contributed by atoms with Crippen molar-refractivity contribution in [1.29, 1.82) is 0 Å². The van der Waals surface area contributed by atoms with Crippen LogP contribution in [0.4, 0.5) is 4.79 Å². The lowest BCUT2D eigenvalue weighted by atomic mass is 10.1. The molecular formula is C20H26ClN3O4. The molecule has 1 aliphatic rings. The highest BCUT2D eigenvalue weighted by Gasteiger charge is 2.30. The summed E-state index contributed by atoms with van der Waals surface area (Å²) in [6.07, 6.45) is 0.272. The molecule has 2 heterocycles. The third-order valence-corrected chi connectivity index (χ3v) is 4.53. The van der Waals surface area contributed by atoms with Gasteiger partial charge < -0.3 is 19.5 Å². The van der Waals surface area contributed by atoms with Crippen LogP contribution in [-0.2, 0) is 24.2 Å². The summed E-state index contributed by atoms with van der Waals surface area (Å²) in [4.78, 5) is 14.1. The second kappa shape index (κ2) is 8.41. The van der Waals surface area contributed by atoms with Crippen LogP contribution in [0, 0.1) is 0 Å². The van der Waals surface area contributed by atoms with Gasteiger partial charge in [-0.25, -0.2) is 9.48 Å². The second-order valence-corrected chi connectivity index (χ2v) is 8.17. The fourth-order valence-electron chi connectivity index (χ4n) is 3.06. The predicted octanol–water partition coefficient (Wildman–Crippen LogP) is 3.25. The Morgan fingerprint density at radius 2 is 2.00 bits per heavy atom. The Morgan fingerprint density at radius 1 is 1.29 bits per heavy atom. The van der Waals surface area contributed by atoms with Crippen LogP contribution in [0.15, 0.2) is 24.3 Å². The molecule has 28 heavy (non-hydrogen) atoms. The van der Waals surface area contributed by atoms with E-state index in [0.29, 0.717) is 37.0 Å². The van der Waals surface area contributed by atoms with E-state index in [1.807, 2.05) is 45.0 Å². The van der Waals surface area contributed by atoms with E-state index in [1.54, 1.807) is 9.58 Å². The molecule has 2 aromatic rings. The van der Waals surface area contributed by atoms with E-state index in [-0.39, 0.29) is 19.3 Å². The van der Waals surface area contributed by atoms with Crippen molar-refractivity contribution < 1.29 is 19.4 Å². The third kappa shape index (κ3) is 4.97. The van der Waals surface area contributed by atoms with E-state index < -0.39 is 5.60 Å². The van der Waals surface area contributed by atoms with E-state index in [4.69, 9.17) is 21.1 Å². The molecule has 1 N–H and O–H groups in total. The van der Waals surface area contributed by atoms with Gasteiger partial charge in [-0.2, -0.15) is 5.10 Å². The Labute approximate surface area is 169 Å². The molecule has 0 spiro atoms. The summed E-state index contributed by atoms with van der Waals surface area (Å²) in [6, 6.07) is 7.54. The number of hydrogen-bond donors (Lipinski definition) is 1. The summed E-state index contributed by atoms with van der Waals surface area (Å²) in [6.45, 7) is 7.02. The van der Waals surface area contributed by atoms with Gasteiger partial charge in [-0.3, -0.25) is 0 Å². The minimum absolute atomic E-state index is 0.101. The summed E-state index contributed by atoms with van der Waals surface area (Å²) in [5.41, 5.74) is 2.25. The Kier molecular flexibility index (Phi) is 6.15. The number of aliphatic hydroxyl groups is 1. The molecule has 0 saturated carbocycles. The van der Waals surface area contributed by atoms with Gasteiger partial charge in [0.2, 0.25) is 5.88 Å². The first-order chi connectivity index (χ1) is 13.3. The van der Waals surface area contributed by atoms with Crippen LogP contribution in [0.3, 0.4) is 0 Å². The van der Waals surface area contributed by atoms with Crippen LogP contribution < -0.4 is 4.74 Å². The second-order valence-electron chi connectivity index (χ2n) is 7.74. The number of aliphatic hydroxyl groups excluding tert-OH is 1. The first-order valence-corrected chi connectivity index (χ1v) is 9.69. The predicted molar refractivity (Wildman–Crippen MR) is 106 cm³/mol. The molecule has 1 aromatic heterocycles. The number of fused-ring (bicyclic) bond motifs is 1. The molecule has 1 aromatic carbocycles. The van der Waals surface area contributed by atoms with Crippen LogP contribution in [0.25, 0.3) is 0 Å². The van der Waals surface area contributed by atoms with Crippen LogP contribution >= 0.6 is 11.6 Å². The number of hydrogen-bond acceptors (Lipinski definition) is 5. The number of ether oxygens (including phenoxy) is 2. The molecule has 0 unspecified atom stereocenters. The van der Waals surface area contributed by atoms with Crippen molar-refractivity contribution in [3.8, 4) is 5.88 Å². The van der Waals surface area contributed by atoms with Crippen LogP contribution in [0.1, 0.15) is 37.6 Å². The molecule has 1 amide bonds. The van der Waals surface area contributed by atoms with Crippen molar-refractivity contribution in [2.24, 2.45) is 0 Å². The van der Waals surface area contributed by atoms with Gasteiger partial charge >= 0.3 is 6.09 Å². The first kappa shape index (κ1) is 20.5. The number of rotatable bonds is 5. The number of benzene rings is 1. The zero-order valence-corrected chi connectivity index (χ0v) is 17.2. The smallest absolute Gasteiger partial charge is 0.410 e. The lowest BCUT2D eigenvalue weighted by Gasteiger charge is -2.29. The molecule has 0 bridgehead atoms. The van der Waals surface area contributed by atoms with Crippen molar-refractivity contribution in [2.45, 2.75) is 45.9 Å². The van der Waals surface area contributed by atoms with Gasteiger partial charge in [0.05, 0.1) is 31.0 Å². The number of carbonyl (C=O) groups excluding carboxylic acids is 1. The van der Waals surface area contributed by atoms with Gasteiger partial charge in [0.1, 0.15) is 12.2 Å². The van der Waals surface area contributed by atoms with E-state index in [2.05, 4.69) is 5.10 Å². The van der Waals surface area contributed by atoms with Gasteiger partial charge in [-0.1, -0.05) is 23.7 Å². The van der Waals surface area contributed by atoms with Gasteiger partial charge in [-0.05, 0) is 38.5 Å². The highest BCUT2D eigenvalue weighted by molar-refractivity contribution is 6.30. The lowest BCUT2D eigenvalue weighted by molar-refractivity contribution is 0.0221. The summed E-state index contributed by atoms with van der Waals surface area (Å²) in [5, 5.41) is 14.6. The SMILES string of the molecule is CC(C)(C)OC(=O)N1CCc2nn(Cc3ccc(Cl)cc3)c(OCCO)c2C1. The summed E-state index contributed by atoms with van der Waals surface area (Å²) >= 11 is 5.96. The van der Waals surface area contributed by atoms with E-state index in [0.717, 1.165) is 16.8 Å². The van der Waals surface area contributed by atoms with Crippen molar-refractivity contribution in [1.82, 2.24) is 14.7 Å². The number of halogens is 1. The fourth-order valence-corrected chi connectivity index (χ4v) is 3.18. The van der Waals surface area contributed by atoms with Gasteiger partial charge in [-0.15, -0.1) is 0 Å². The maximum Gasteiger partial charge on any atom is 0.410 e. The minimum Gasteiger partial charge on any atom is -0.475 e. The molecule has 0 fully saturated rings. The molecule has 152 valence electrons. The summed E-state index contributed by atoms with van der Waals surface area (Å²) in [7, 11) is 0. The number of carbonyl (C=O) groups is 1. The largest absolute Gasteiger partial charge is 0.475 e. The monoisotopic (exact) mass is 407 g/mol. The maximum absolute atomic E-state index is 12.5. The average Bonchev–Trinajstić information content (AvgIpc) is 2.96. The zero-order chi connectivity index (χ0) is 20.3. The van der Waals surface area contributed by atoms with Crippen molar-refractivity contribution in [2.75, 3.05) is 19.8 Å². The molecule has 7 nitrogen and oxygen atoms in total. The van der Waals surface area contributed by atoms with Crippen LogP contribution in [0.2, 0.25) is 5.02 Å². The highest BCUT2D eigenvalue weighted by Crippen LogP contribution is 2.30. The topological polar surface area (TPSA) is 76.8 Å². The standard InChI is InChI=1S/C20H26ClN3O4/c1-20(2,3)28-19(26)23-9-8-17-16(13-23)18(27-11-10-25)24(22-17)12-14-4-6-15(21)7-5-14/h4-7,25H,8-13H2,1-3H3. The highest BCUT2D eigenvalue weighted by atomic mass is 35.5. The van der Waals surface area contributed by atoms with Crippen molar-refractivity contribution in [3.05, 3.63) is 46.1 Å². The quantitative estimate of drug-likeness (QED) is 0.823. The van der Waals surface area contributed by atoms with E-state index in [9.17, 15) is 9.90 Å². The third-order valence-electron chi connectivity index (χ3n) is 4.28. The molecule has 0 radical (unpaired) electrons. The fraction of sp³-hybridized carbons (Fsp3) is 0.500. The Hall–Kier alpha value is -2.25. The Morgan fingerprint density at radius 3 is 2.64 bits per heavy atom. The lowest BCUT2D eigenvalue weighted by Crippen LogP contribution is -2.39. The zero-order valence-electron chi connectivity index (χ0n) is 16.4. The number of nitrogens with zero attached hydrogens (tertiary/aromatic N) is 3. The average molecular weight is 408 g/mol. The summed E-state index contributed by atoms with van der Waals surface area (Å²) in [5.74, 6) is 0.576. The first-order valence-electron chi connectivity index (χ1n) is 9.31. The molecular weight excluding hydrogens is 382 g/mol. The van der Waals surface area contributed by atoms with Gasteiger partial charge in [0.15, 0.2) is 0 Å². The maximum atomic E-state index is 12.5. The number of aromatic nitrogens is 2. The molecule has 0 aliphatic carbocycles. The molecule has 0 atom stereocenters. The Bertz CT molecular complexity index is 827. The van der Waals surface area contributed by atoms with Crippen LogP contribution in [-0.4, -0.2) is 51.2 Å².